The smallest absolute Gasteiger partial charge is 0.423 e. The van der Waals surface area contributed by atoms with Crippen LogP contribution in [0.4, 0.5) is 17.6 Å². The predicted octanol–water partition coefficient (Wildman–Crippen LogP) is 3.79. The number of esters is 1. The van der Waals surface area contributed by atoms with E-state index in [1.54, 1.807) is 19.9 Å². The summed E-state index contributed by atoms with van der Waals surface area (Å²) in [7, 11) is 1.20. The van der Waals surface area contributed by atoms with E-state index in [4.69, 9.17) is 9.72 Å². The van der Waals surface area contributed by atoms with Gasteiger partial charge in [0.15, 0.2) is 0 Å². The van der Waals surface area contributed by atoms with Gasteiger partial charge in [0.25, 0.3) is 11.5 Å². The highest BCUT2D eigenvalue weighted by molar-refractivity contribution is 5.94. The zero-order chi connectivity index (χ0) is 28.8. The number of alkyl halides is 3. The Morgan fingerprint density at radius 2 is 1.98 bits per heavy atom. The number of hydrogen-bond acceptors (Lipinski definition) is 6. The number of cyclic esters (lactones) is 1. The van der Waals surface area contributed by atoms with Crippen molar-refractivity contribution in [2.45, 2.75) is 70.5 Å². The number of nitrogens with zero attached hydrogens (tertiary/aromatic N) is 3. The Morgan fingerprint density at radius 3 is 2.65 bits per heavy atom. The lowest BCUT2D eigenvalue weighted by molar-refractivity contribution is -0.211. The number of benzene rings is 1. The molecule has 1 amide bonds. The molecule has 3 aliphatic rings. The second kappa shape index (κ2) is 8.85. The molecule has 3 atom stereocenters. The average Bonchev–Trinajstić information content (AvgIpc) is 3.28. The first-order valence-corrected chi connectivity index (χ1v) is 12.9. The zero-order valence-electron chi connectivity index (χ0n) is 21.9. The van der Waals surface area contributed by atoms with Crippen molar-refractivity contribution in [3.05, 3.63) is 61.7 Å². The van der Waals surface area contributed by atoms with Crippen molar-refractivity contribution in [3.63, 3.8) is 0 Å². The SMILES string of the molecule is CC[C@H]1C(=O)OCc2c1cc1n(c2=O)Cc2c-1nc1cc(F)c(C)c3c1c2[C@@H](N(C)C(=O)[C@@H](O)C(F)(F)F)CC3. The molecule has 2 aromatic heterocycles. The Bertz CT molecular complexity index is 1700. The highest BCUT2D eigenvalue weighted by Crippen LogP contribution is 2.47. The molecule has 210 valence electrons. The van der Waals surface area contributed by atoms with Crippen LogP contribution in [0.25, 0.3) is 22.3 Å². The highest BCUT2D eigenvalue weighted by Gasteiger charge is 2.47. The third kappa shape index (κ3) is 3.61. The minimum atomic E-state index is -5.15. The van der Waals surface area contributed by atoms with Crippen LogP contribution >= 0.6 is 0 Å². The van der Waals surface area contributed by atoms with E-state index in [0.29, 0.717) is 56.6 Å². The van der Waals surface area contributed by atoms with Gasteiger partial charge < -0.3 is 19.3 Å². The number of aryl methyl sites for hydroxylation is 1. The first-order chi connectivity index (χ1) is 18.8. The van der Waals surface area contributed by atoms with Crippen molar-refractivity contribution < 1.29 is 37.0 Å². The summed E-state index contributed by atoms with van der Waals surface area (Å²) in [6.45, 7) is 3.26. The third-order valence-electron chi connectivity index (χ3n) is 8.53. The number of likely N-dealkylation sites (N-methyl/N-ethyl adjacent to an activating group) is 1. The number of carbonyl (C=O) groups excluding carboxylic acids is 2. The van der Waals surface area contributed by atoms with Crippen LogP contribution in [0.5, 0.6) is 0 Å². The molecule has 1 N–H and O–H groups in total. The van der Waals surface area contributed by atoms with Crippen LogP contribution in [-0.2, 0) is 33.9 Å². The molecule has 3 aromatic rings. The Balaban J connectivity index is 1.61. The topological polar surface area (TPSA) is 102 Å². The molecule has 0 bridgehead atoms. The minimum absolute atomic E-state index is 0.0238. The van der Waals surface area contributed by atoms with Crippen LogP contribution in [0, 0.1) is 12.7 Å². The van der Waals surface area contributed by atoms with Gasteiger partial charge in [-0.2, -0.15) is 13.2 Å². The molecule has 4 heterocycles. The number of fused-ring (bicyclic) bond motifs is 5. The average molecular weight is 560 g/mol. The highest BCUT2D eigenvalue weighted by atomic mass is 19.4. The summed E-state index contributed by atoms with van der Waals surface area (Å²) in [6.07, 6.45) is -7.49. The molecule has 1 aliphatic carbocycles. The number of aromatic nitrogens is 2. The van der Waals surface area contributed by atoms with Gasteiger partial charge in [-0.3, -0.25) is 14.4 Å². The number of hydrogen-bond donors (Lipinski definition) is 1. The maximum absolute atomic E-state index is 15.0. The van der Waals surface area contributed by atoms with Crippen LogP contribution in [0.3, 0.4) is 0 Å². The second-order valence-corrected chi connectivity index (χ2v) is 10.6. The maximum Gasteiger partial charge on any atom is 0.423 e. The number of carbonyl (C=O) groups is 2. The molecule has 12 heteroatoms. The van der Waals surface area contributed by atoms with E-state index >= 15 is 0 Å². The summed E-state index contributed by atoms with van der Waals surface area (Å²) in [4.78, 5) is 44.4. The van der Waals surface area contributed by atoms with Gasteiger partial charge in [-0.1, -0.05) is 6.92 Å². The Labute approximate surface area is 225 Å². The van der Waals surface area contributed by atoms with Gasteiger partial charge in [0.2, 0.25) is 6.10 Å². The van der Waals surface area contributed by atoms with Crippen molar-refractivity contribution in [2.24, 2.45) is 0 Å². The van der Waals surface area contributed by atoms with E-state index in [2.05, 4.69) is 0 Å². The van der Waals surface area contributed by atoms with Gasteiger partial charge in [0.1, 0.15) is 12.4 Å². The lowest BCUT2D eigenvalue weighted by Gasteiger charge is -2.36. The van der Waals surface area contributed by atoms with Gasteiger partial charge in [-0.05, 0) is 54.5 Å². The molecule has 0 saturated heterocycles. The molecule has 1 aromatic carbocycles. The normalized spacial score (nSPS) is 20.1. The molecule has 0 unspecified atom stereocenters. The Kier molecular flexibility index (Phi) is 5.85. The summed E-state index contributed by atoms with van der Waals surface area (Å²) in [5.41, 5.74) is 3.53. The molecular formula is C28H25F4N3O5. The van der Waals surface area contributed by atoms with Crippen LogP contribution in [0.1, 0.15) is 65.1 Å². The van der Waals surface area contributed by atoms with Crippen LogP contribution in [0.15, 0.2) is 16.9 Å². The number of rotatable bonds is 3. The third-order valence-corrected chi connectivity index (χ3v) is 8.53. The minimum Gasteiger partial charge on any atom is -0.460 e. The predicted molar refractivity (Wildman–Crippen MR) is 134 cm³/mol. The number of aliphatic hydroxyl groups is 1. The molecule has 0 spiro atoms. The number of pyridine rings is 2. The first kappa shape index (κ1) is 26.4. The molecular weight excluding hydrogens is 534 g/mol. The van der Waals surface area contributed by atoms with Crippen LogP contribution in [-0.4, -0.2) is 50.8 Å². The number of ether oxygens (including phenoxy) is 1. The number of amides is 1. The molecule has 2 aliphatic heterocycles. The molecule has 0 radical (unpaired) electrons. The van der Waals surface area contributed by atoms with Crippen molar-refractivity contribution in [3.8, 4) is 11.4 Å². The molecule has 40 heavy (non-hydrogen) atoms. The molecule has 6 rings (SSSR count). The van der Waals surface area contributed by atoms with E-state index in [1.807, 2.05) is 0 Å². The van der Waals surface area contributed by atoms with Crippen LogP contribution < -0.4 is 5.56 Å². The van der Waals surface area contributed by atoms with Gasteiger partial charge in [0.05, 0.1) is 41.0 Å². The molecule has 0 saturated carbocycles. The zero-order valence-corrected chi connectivity index (χ0v) is 21.9. The summed E-state index contributed by atoms with van der Waals surface area (Å²) in [6, 6.07) is 2.07. The lowest BCUT2D eigenvalue weighted by atomic mass is 9.81. The van der Waals surface area contributed by atoms with E-state index in [-0.39, 0.29) is 37.1 Å². The fourth-order valence-electron chi connectivity index (χ4n) is 6.43. The number of halogens is 4. The van der Waals surface area contributed by atoms with E-state index in [1.165, 1.54) is 17.7 Å². The van der Waals surface area contributed by atoms with Crippen molar-refractivity contribution in [2.75, 3.05) is 7.05 Å². The number of aliphatic hydroxyl groups excluding tert-OH is 1. The van der Waals surface area contributed by atoms with E-state index in [0.717, 1.165) is 4.90 Å². The fraction of sp³-hybridized carbons (Fsp3) is 0.429. The van der Waals surface area contributed by atoms with E-state index < -0.39 is 41.9 Å². The largest absolute Gasteiger partial charge is 0.460 e. The summed E-state index contributed by atoms with van der Waals surface area (Å²) >= 11 is 0. The van der Waals surface area contributed by atoms with Crippen molar-refractivity contribution in [1.29, 1.82) is 0 Å². The molecule has 0 fully saturated rings. The van der Waals surface area contributed by atoms with Crippen LogP contribution in [0.2, 0.25) is 0 Å². The molecule has 8 nitrogen and oxygen atoms in total. The van der Waals surface area contributed by atoms with Crippen molar-refractivity contribution in [1.82, 2.24) is 14.5 Å². The van der Waals surface area contributed by atoms with Crippen molar-refractivity contribution >= 4 is 22.8 Å². The quantitative estimate of drug-likeness (QED) is 0.303. The summed E-state index contributed by atoms with van der Waals surface area (Å²) < 4.78 is 61.4. The van der Waals surface area contributed by atoms with Gasteiger partial charge in [-0.15, -0.1) is 0 Å². The van der Waals surface area contributed by atoms with Gasteiger partial charge in [0, 0.05) is 24.1 Å². The summed E-state index contributed by atoms with van der Waals surface area (Å²) in [5.74, 6) is -3.09. The second-order valence-electron chi connectivity index (χ2n) is 10.6. The fourth-order valence-corrected chi connectivity index (χ4v) is 6.43. The van der Waals surface area contributed by atoms with Gasteiger partial charge >= 0.3 is 12.1 Å². The van der Waals surface area contributed by atoms with E-state index in [9.17, 15) is 37.1 Å². The standard InChI is InChI=1S/C28H25F4N3O5/c1-4-12-14-7-20-23-15(9-35(20)25(37)16(14)10-40-27(12)39)22-19(34(3)26(38)24(36)28(30,31)32)6-5-13-11(2)17(29)8-18(33-23)21(13)22/h7-8,12,19,24,36H,4-6,9-10H2,1-3H3/t12-,19+,24-/m1/s1. The lowest BCUT2D eigenvalue weighted by Crippen LogP contribution is -2.46. The first-order valence-electron chi connectivity index (χ1n) is 12.9. The monoisotopic (exact) mass is 559 g/mol. The summed E-state index contributed by atoms with van der Waals surface area (Å²) in [5, 5.41) is 10.3. The maximum atomic E-state index is 15.0. The Hall–Kier alpha value is -3.80. The van der Waals surface area contributed by atoms with Gasteiger partial charge in [-0.25, -0.2) is 9.37 Å². The Morgan fingerprint density at radius 1 is 1.25 bits per heavy atom.